The van der Waals surface area contributed by atoms with Crippen molar-refractivity contribution < 1.29 is 19.2 Å². The number of benzene rings is 2. The maximum absolute atomic E-state index is 14.2. The lowest BCUT2D eigenvalue weighted by atomic mass is 10.00. The Bertz CT molecular complexity index is 1080. The Morgan fingerprint density at radius 2 is 1.86 bits per heavy atom. The van der Waals surface area contributed by atoms with Crippen LogP contribution in [-0.2, 0) is 13.2 Å². The Balaban J connectivity index is 2.26. The predicted molar refractivity (Wildman–Crippen MR) is 101 cm³/mol. The topological polar surface area (TPSA) is 114 Å². The molecule has 0 aliphatic rings. The van der Waals surface area contributed by atoms with Crippen molar-refractivity contribution in [3.63, 3.8) is 0 Å². The Labute approximate surface area is 165 Å². The van der Waals surface area contributed by atoms with Gasteiger partial charge in [0.05, 0.1) is 28.3 Å². The maximum atomic E-state index is 14.2. The highest BCUT2D eigenvalue weighted by Gasteiger charge is 2.24. The molecule has 0 spiro atoms. The van der Waals surface area contributed by atoms with Gasteiger partial charge in [-0.2, -0.15) is 0 Å². The van der Waals surface area contributed by atoms with E-state index in [9.17, 15) is 24.4 Å². The summed E-state index contributed by atoms with van der Waals surface area (Å²) < 4.78 is 15.7. The van der Waals surface area contributed by atoms with Crippen LogP contribution in [0.2, 0.25) is 0 Å². The number of nitro benzene ring substituents is 1. The van der Waals surface area contributed by atoms with Crippen LogP contribution < -0.4 is 0 Å². The second-order valence-electron chi connectivity index (χ2n) is 6.53. The molecule has 0 bridgehead atoms. The molecule has 2 aromatic carbocycles. The van der Waals surface area contributed by atoms with Crippen molar-refractivity contribution in [2.45, 2.75) is 13.2 Å². The molecule has 9 nitrogen and oxygen atoms in total. The number of halogens is 1. The van der Waals surface area contributed by atoms with E-state index in [2.05, 4.69) is 10.2 Å². The van der Waals surface area contributed by atoms with Gasteiger partial charge in [0.2, 0.25) is 0 Å². The average Bonchev–Trinajstić information content (AvgIpc) is 3.09. The van der Waals surface area contributed by atoms with Crippen LogP contribution in [0.1, 0.15) is 27.6 Å². The Kier molecular flexibility index (Phi) is 5.76. The summed E-state index contributed by atoms with van der Waals surface area (Å²) in [6.45, 7) is -0.137. The normalized spacial score (nSPS) is 11.1. The lowest BCUT2D eigenvalue weighted by Crippen LogP contribution is -2.18. The lowest BCUT2D eigenvalue weighted by molar-refractivity contribution is -0.384. The first-order chi connectivity index (χ1) is 13.8. The zero-order chi connectivity index (χ0) is 21.1. The number of carbonyl (C=O) groups excluding carboxylic acids is 1. The second kappa shape index (κ2) is 8.25. The highest BCUT2D eigenvalue weighted by molar-refractivity contribution is 6.11. The Hall–Kier alpha value is -3.50. The molecule has 0 fully saturated rings. The van der Waals surface area contributed by atoms with Crippen LogP contribution >= 0.6 is 0 Å². The summed E-state index contributed by atoms with van der Waals surface area (Å²) in [5, 5.41) is 28.9. The minimum atomic E-state index is -0.741. The number of aliphatic hydroxyl groups excluding tert-OH is 1. The highest BCUT2D eigenvalue weighted by atomic mass is 19.1. The summed E-state index contributed by atoms with van der Waals surface area (Å²) in [5.41, 5.74) is -0.420. The third-order valence-electron chi connectivity index (χ3n) is 4.19. The molecule has 150 valence electrons. The molecule has 3 aromatic rings. The van der Waals surface area contributed by atoms with Crippen LogP contribution in [0.15, 0.2) is 42.5 Å². The highest BCUT2D eigenvalue weighted by Crippen LogP contribution is 2.27. The number of nitro groups is 1. The number of hydrogen-bond donors (Lipinski definition) is 1. The van der Waals surface area contributed by atoms with Crippen LogP contribution in [0.3, 0.4) is 0 Å². The lowest BCUT2D eigenvalue weighted by Gasteiger charge is -2.16. The van der Waals surface area contributed by atoms with Crippen molar-refractivity contribution in [2.24, 2.45) is 0 Å². The van der Waals surface area contributed by atoms with E-state index >= 15 is 0 Å². The van der Waals surface area contributed by atoms with Gasteiger partial charge in [-0.05, 0) is 32.3 Å². The van der Waals surface area contributed by atoms with Gasteiger partial charge in [-0.3, -0.25) is 19.5 Å². The monoisotopic (exact) mass is 399 g/mol. The number of ketones is 1. The van der Waals surface area contributed by atoms with Gasteiger partial charge in [-0.1, -0.05) is 12.1 Å². The molecule has 29 heavy (non-hydrogen) atoms. The average molecular weight is 399 g/mol. The van der Waals surface area contributed by atoms with Gasteiger partial charge in [0, 0.05) is 12.1 Å². The van der Waals surface area contributed by atoms with Gasteiger partial charge in [-0.15, -0.1) is 10.2 Å². The third kappa shape index (κ3) is 4.03. The number of nitrogens with zero attached hydrogens (tertiary/aromatic N) is 5. The molecule has 10 heteroatoms. The van der Waals surface area contributed by atoms with Gasteiger partial charge >= 0.3 is 0 Å². The number of hydrogen-bond acceptors (Lipinski definition) is 7. The van der Waals surface area contributed by atoms with Crippen molar-refractivity contribution >= 4 is 11.5 Å². The van der Waals surface area contributed by atoms with Crippen LogP contribution in [0, 0.1) is 15.9 Å². The smallest absolute Gasteiger partial charge is 0.270 e. The molecule has 3 rings (SSSR count). The van der Waals surface area contributed by atoms with E-state index in [0.717, 1.165) is 12.1 Å². The number of rotatable bonds is 7. The summed E-state index contributed by atoms with van der Waals surface area (Å²) in [4.78, 5) is 25.5. The first-order valence-corrected chi connectivity index (χ1v) is 8.60. The van der Waals surface area contributed by atoms with Crippen molar-refractivity contribution in [3.8, 4) is 5.69 Å². The maximum Gasteiger partial charge on any atom is 0.270 e. The molecule has 0 aliphatic heterocycles. The quantitative estimate of drug-likeness (QED) is 0.368. The summed E-state index contributed by atoms with van der Waals surface area (Å²) in [6.07, 6.45) is 0. The Morgan fingerprint density at radius 3 is 2.48 bits per heavy atom. The fraction of sp³-hybridized carbons (Fsp3) is 0.211. The van der Waals surface area contributed by atoms with E-state index in [4.69, 9.17) is 0 Å². The number of aromatic nitrogens is 3. The van der Waals surface area contributed by atoms with Crippen molar-refractivity contribution in [1.82, 2.24) is 19.7 Å². The minimum absolute atomic E-state index is 0.0983. The molecule has 1 heterocycles. The molecule has 0 atom stereocenters. The first-order valence-electron chi connectivity index (χ1n) is 8.60. The number of non-ortho nitro benzene ring substituents is 1. The van der Waals surface area contributed by atoms with Gasteiger partial charge in [0.1, 0.15) is 12.4 Å². The van der Waals surface area contributed by atoms with Crippen LogP contribution in [0.5, 0.6) is 0 Å². The molecule has 0 aliphatic carbocycles. The Morgan fingerprint density at radius 1 is 1.17 bits per heavy atom. The standard InChI is InChI=1S/C19H18FN5O4/c1-23(2)10-17-21-22-18(11-26)24(17)16-8-7-12(25(28)29)9-14(16)19(27)13-5-3-4-6-15(13)20/h3-9,26H,10-11H2,1-2H3. The largest absolute Gasteiger partial charge is 0.388 e. The molecule has 0 radical (unpaired) electrons. The zero-order valence-electron chi connectivity index (χ0n) is 15.7. The van der Waals surface area contributed by atoms with Crippen molar-refractivity contribution in [3.05, 3.63) is 81.2 Å². The van der Waals surface area contributed by atoms with Crippen LogP contribution in [0.25, 0.3) is 5.69 Å². The fourth-order valence-corrected chi connectivity index (χ4v) is 2.92. The van der Waals surface area contributed by atoms with E-state index < -0.39 is 23.1 Å². The molecule has 0 saturated heterocycles. The molecule has 1 aromatic heterocycles. The van der Waals surface area contributed by atoms with Crippen LogP contribution in [0.4, 0.5) is 10.1 Å². The molecular weight excluding hydrogens is 381 g/mol. The molecular formula is C19H18FN5O4. The minimum Gasteiger partial charge on any atom is -0.388 e. The van der Waals surface area contributed by atoms with E-state index in [-0.39, 0.29) is 28.3 Å². The molecule has 0 unspecified atom stereocenters. The summed E-state index contributed by atoms with van der Waals surface area (Å²) in [5.74, 6) is -0.904. The van der Waals surface area contributed by atoms with E-state index in [1.165, 1.54) is 34.9 Å². The zero-order valence-corrected chi connectivity index (χ0v) is 15.7. The predicted octanol–water partition coefficient (Wildman–Crippen LogP) is 2.10. The SMILES string of the molecule is CN(C)Cc1nnc(CO)n1-c1ccc([N+](=O)[O-])cc1C(=O)c1ccccc1F. The second-order valence-corrected chi connectivity index (χ2v) is 6.53. The number of carbonyl (C=O) groups is 1. The van der Waals surface area contributed by atoms with Gasteiger partial charge in [0.25, 0.3) is 5.69 Å². The molecule has 0 saturated carbocycles. The van der Waals surface area contributed by atoms with E-state index in [0.29, 0.717) is 12.4 Å². The summed E-state index contributed by atoms with van der Waals surface area (Å²) in [7, 11) is 3.61. The van der Waals surface area contributed by atoms with Gasteiger partial charge in [-0.25, -0.2) is 4.39 Å². The van der Waals surface area contributed by atoms with Gasteiger partial charge in [0.15, 0.2) is 17.4 Å². The van der Waals surface area contributed by atoms with Gasteiger partial charge < -0.3 is 10.0 Å². The van der Waals surface area contributed by atoms with Crippen LogP contribution in [-0.4, -0.2) is 49.6 Å². The molecule has 1 N–H and O–H groups in total. The van der Waals surface area contributed by atoms with Crippen molar-refractivity contribution in [2.75, 3.05) is 14.1 Å². The first kappa shape index (κ1) is 20.2. The van der Waals surface area contributed by atoms with E-state index in [1.54, 1.807) is 14.1 Å². The third-order valence-corrected chi connectivity index (χ3v) is 4.19. The van der Waals surface area contributed by atoms with Crippen molar-refractivity contribution in [1.29, 1.82) is 0 Å². The summed E-state index contributed by atoms with van der Waals surface area (Å²) in [6, 6.07) is 9.08. The fourth-order valence-electron chi connectivity index (χ4n) is 2.92. The summed E-state index contributed by atoms with van der Waals surface area (Å²) >= 11 is 0. The van der Waals surface area contributed by atoms with E-state index in [1.807, 2.05) is 4.90 Å². The number of aliphatic hydroxyl groups is 1. The molecule has 0 amide bonds.